The fraction of sp³-hybridized carbons (Fsp3) is 0.400. The SMILES string of the molecule is CC(C)(C)c1ccc(-n2ccc3cc(N(CCO[Si](C)(C)C(C)(C)C)C(=O)c4c(Cl)ncnc4Cl)ccc32)cn1. The third-order valence-corrected chi connectivity index (χ3v) is 12.7. The molecule has 0 aliphatic heterocycles. The molecule has 40 heavy (non-hydrogen) atoms. The van der Waals surface area contributed by atoms with E-state index in [1.807, 2.05) is 36.7 Å². The minimum absolute atomic E-state index is 0.0127. The monoisotopic (exact) mass is 597 g/mol. The fourth-order valence-corrected chi connectivity index (χ4v) is 5.62. The van der Waals surface area contributed by atoms with Crippen molar-refractivity contribution in [2.75, 3.05) is 18.1 Å². The van der Waals surface area contributed by atoms with E-state index in [1.165, 1.54) is 6.33 Å². The van der Waals surface area contributed by atoms with Gasteiger partial charge < -0.3 is 13.9 Å². The van der Waals surface area contributed by atoms with Gasteiger partial charge in [-0.3, -0.25) is 9.78 Å². The van der Waals surface area contributed by atoms with Crippen molar-refractivity contribution in [1.29, 1.82) is 0 Å². The molecule has 0 saturated heterocycles. The maximum atomic E-state index is 13.8. The van der Waals surface area contributed by atoms with Crippen LogP contribution in [-0.2, 0) is 9.84 Å². The number of benzene rings is 1. The highest BCUT2D eigenvalue weighted by Crippen LogP contribution is 2.37. The second kappa shape index (κ2) is 11.2. The van der Waals surface area contributed by atoms with E-state index < -0.39 is 8.32 Å². The van der Waals surface area contributed by atoms with E-state index in [0.717, 1.165) is 22.3 Å². The van der Waals surface area contributed by atoms with Gasteiger partial charge in [0.2, 0.25) is 0 Å². The Kier molecular flexibility index (Phi) is 8.48. The molecule has 0 unspecified atom stereocenters. The predicted octanol–water partition coefficient (Wildman–Crippen LogP) is 8.09. The van der Waals surface area contributed by atoms with Crippen LogP contribution in [-0.4, -0.2) is 46.9 Å². The molecular formula is C30H37Cl2N5O2Si. The van der Waals surface area contributed by atoms with Crippen LogP contribution in [0.3, 0.4) is 0 Å². The molecular weight excluding hydrogens is 561 g/mol. The molecule has 7 nitrogen and oxygen atoms in total. The van der Waals surface area contributed by atoms with E-state index in [0.29, 0.717) is 18.8 Å². The summed E-state index contributed by atoms with van der Waals surface area (Å²) in [7, 11) is -2.03. The highest BCUT2D eigenvalue weighted by atomic mass is 35.5. The van der Waals surface area contributed by atoms with Crippen LogP contribution < -0.4 is 4.90 Å². The van der Waals surface area contributed by atoms with Crippen molar-refractivity contribution in [2.24, 2.45) is 0 Å². The zero-order chi connectivity index (χ0) is 29.5. The average molecular weight is 599 g/mol. The number of amides is 1. The highest BCUT2D eigenvalue weighted by molar-refractivity contribution is 6.74. The van der Waals surface area contributed by atoms with Crippen molar-refractivity contribution >= 4 is 54.0 Å². The molecule has 1 amide bonds. The van der Waals surface area contributed by atoms with Crippen LogP contribution in [0.15, 0.2) is 55.1 Å². The molecule has 10 heteroatoms. The summed E-state index contributed by atoms with van der Waals surface area (Å²) < 4.78 is 8.50. The first kappa shape index (κ1) is 30.2. The summed E-state index contributed by atoms with van der Waals surface area (Å²) in [6.07, 6.45) is 5.14. The van der Waals surface area contributed by atoms with Crippen LogP contribution in [0.5, 0.6) is 0 Å². The van der Waals surface area contributed by atoms with E-state index in [4.69, 9.17) is 27.6 Å². The Morgan fingerprint density at radius 2 is 1.65 bits per heavy atom. The molecule has 212 valence electrons. The summed E-state index contributed by atoms with van der Waals surface area (Å²) in [6, 6.07) is 12.1. The standard InChI is InChI=1S/C30H37Cl2N5O2Si/c1-29(2,3)24-12-10-22(18-33-24)36-14-13-20-17-21(9-11-23(20)36)37(15-16-39-40(7,8)30(4,5)6)28(38)25-26(31)34-19-35-27(25)32/h9-14,17-19H,15-16H2,1-8H3. The van der Waals surface area contributed by atoms with E-state index in [9.17, 15) is 4.79 Å². The Morgan fingerprint density at radius 1 is 0.975 bits per heavy atom. The van der Waals surface area contributed by atoms with Crippen molar-refractivity contribution in [3.8, 4) is 5.69 Å². The number of halogens is 2. The molecule has 0 aliphatic rings. The first-order chi connectivity index (χ1) is 18.6. The maximum Gasteiger partial charge on any atom is 0.264 e. The van der Waals surface area contributed by atoms with Crippen molar-refractivity contribution in [3.63, 3.8) is 0 Å². The number of anilines is 1. The third kappa shape index (κ3) is 6.25. The van der Waals surface area contributed by atoms with E-state index >= 15 is 0 Å². The Labute approximate surface area is 247 Å². The Morgan fingerprint density at radius 3 is 2.23 bits per heavy atom. The Hall–Kier alpha value is -2.78. The molecule has 0 atom stereocenters. The van der Waals surface area contributed by atoms with Gasteiger partial charge in [-0.15, -0.1) is 0 Å². The molecule has 3 heterocycles. The quantitative estimate of drug-likeness (QED) is 0.159. The van der Waals surface area contributed by atoms with Crippen molar-refractivity contribution in [2.45, 2.75) is 65.1 Å². The lowest BCUT2D eigenvalue weighted by Crippen LogP contribution is -2.43. The van der Waals surface area contributed by atoms with Crippen LogP contribution in [0.2, 0.25) is 28.4 Å². The predicted molar refractivity (Wildman–Crippen MR) is 167 cm³/mol. The van der Waals surface area contributed by atoms with Gasteiger partial charge in [0.1, 0.15) is 22.2 Å². The molecule has 0 aliphatic carbocycles. The van der Waals surface area contributed by atoms with Gasteiger partial charge in [-0.2, -0.15) is 0 Å². The van der Waals surface area contributed by atoms with Crippen LogP contribution in [0.4, 0.5) is 5.69 Å². The lowest BCUT2D eigenvalue weighted by Gasteiger charge is -2.37. The molecule has 0 fully saturated rings. The number of carbonyl (C=O) groups is 1. The Balaban J connectivity index is 1.69. The van der Waals surface area contributed by atoms with Crippen LogP contribution in [0.25, 0.3) is 16.6 Å². The first-order valence-corrected chi connectivity index (χ1v) is 17.0. The number of rotatable bonds is 7. The minimum Gasteiger partial charge on any atom is -0.415 e. The summed E-state index contributed by atoms with van der Waals surface area (Å²) in [6.45, 7) is 18.1. The number of hydrogen-bond donors (Lipinski definition) is 0. The van der Waals surface area contributed by atoms with Gasteiger partial charge in [-0.05, 0) is 54.5 Å². The first-order valence-electron chi connectivity index (χ1n) is 13.3. The van der Waals surface area contributed by atoms with Crippen molar-refractivity contribution in [1.82, 2.24) is 19.5 Å². The van der Waals surface area contributed by atoms with Crippen LogP contribution in [0.1, 0.15) is 57.6 Å². The number of fused-ring (bicyclic) bond motifs is 1. The summed E-state index contributed by atoms with van der Waals surface area (Å²) in [4.78, 5) is 28.1. The van der Waals surface area contributed by atoms with E-state index in [2.05, 4.69) is 86.3 Å². The summed E-state index contributed by atoms with van der Waals surface area (Å²) in [5.41, 5.74) is 3.74. The third-order valence-electron chi connectivity index (χ3n) is 7.58. The zero-order valence-electron chi connectivity index (χ0n) is 24.4. The Bertz CT molecular complexity index is 1500. The zero-order valence-corrected chi connectivity index (χ0v) is 26.9. The second-order valence-electron chi connectivity index (χ2n) is 12.5. The fourth-order valence-electron chi connectivity index (χ4n) is 4.11. The molecule has 0 saturated carbocycles. The molecule has 1 aromatic carbocycles. The molecule has 0 spiro atoms. The lowest BCUT2D eigenvalue weighted by molar-refractivity contribution is 0.0981. The topological polar surface area (TPSA) is 73.1 Å². The van der Waals surface area contributed by atoms with Gasteiger partial charge in [-0.1, -0.05) is 64.7 Å². The molecule has 0 N–H and O–H groups in total. The van der Waals surface area contributed by atoms with Crippen molar-refractivity contribution in [3.05, 3.63) is 76.7 Å². The summed E-state index contributed by atoms with van der Waals surface area (Å²) in [5, 5.41) is 1.04. The lowest BCUT2D eigenvalue weighted by atomic mass is 9.92. The second-order valence-corrected chi connectivity index (χ2v) is 18.0. The maximum absolute atomic E-state index is 13.8. The summed E-state index contributed by atoms with van der Waals surface area (Å²) >= 11 is 12.6. The molecule has 0 bridgehead atoms. The number of hydrogen-bond acceptors (Lipinski definition) is 5. The van der Waals surface area contributed by atoms with Gasteiger partial charge in [0, 0.05) is 34.9 Å². The minimum atomic E-state index is -2.03. The molecule has 3 aromatic heterocycles. The van der Waals surface area contributed by atoms with Gasteiger partial charge in [0.05, 0.1) is 24.0 Å². The number of nitrogens with zero attached hydrogens (tertiary/aromatic N) is 5. The van der Waals surface area contributed by atoms with Crippen LogP contribution >= 0.6 is 23.2 Å². The van der Waals surface area contributed by atoms with Gasteiger partial charge >= 0.3 is 0 Å². The van der Waals surface area contributed by atoms with Gasteiger partial charge in [0.25, 0.3) is 5.91 Å². The summed E-state index contributed by atoms with van der Waals surface area (Å²) in [5.74, 6) is -0.379. The normalized spacial score (nSPS) is 12.7. The highest BCUT2D eigenvalue weighted by Gasteiger charge is 2.37. The molecule has 4 aromatic rings. The van der Waals surface area contributed by atoms with E-state index in [-0.39, 0.29) is 32.2 Å². The number of aromatic nitrogens is 4. The average Bonchev–Trinajstić information content (AvgIpc) is 3.28. The van der Waals surface area contributed by atoms with Gasteiger partial charge in [-0.25, -0.2) is 9.97 Å². The van der Waals surface area contributed by atoms with Gasteiger partial charge in [0.15, 0.2) is 8.32 Å². The van der Waals surface area contributed by atoms with Crippen LogP contribution in [0, 0.1) is 0 Å². The number of pyridine rings is 1. The molecule has 0 radical (unpaired) electrons. The van der Waals surface area contributed by atoms with Crippen molar-refractivity contribution < 1.29 is 9.22 Å². The largest absolute Gasteiger partial charge is 0.415 e. The van der Waals surface area contributed by atoms with E-state index in [1.54, 1.807) is 4.90 Å². The number of carbonyl (C=O) groups excluding carboxylic acids is 1. The smallest absolute Gasteiger partial charge is 0.264 e. The molecule has 4 rings (SSSR count).